The molecule has 1 aliphatic carbocycles. The Morgan fingerprint density at radius 2 is 2.00 bits per heavy atom. The lowest BCUT2D eigenvalue weighted by molar-refractivity contribution is 0.912. The number of rotatable bonds is 2. The van der Waals surface area contributed by atoms with Gasteiger partial charge in [0.05, 0.1) is 0 Å². The number of halogens is 1. The molecule has 0 saturated carbocycles. The van der Waals surface area contributed by atoms with Gasteiger partial charge in [-0.15, -0.1) is 0 Å². The third-order valence-corrected chi connectivity index (χ3v) is 5.64. The molecular weight excluding hydrogens is 274 g/mol. The monoisotopic (exact) mass is 283 g/mol. The van der Waals surface area contributed by atoms with E-state index in [0.29, 0.717) is 5.02 Å². The molecule has 3 rings (SSSR count). The summed E-state index contributed by atoms with van der Waals surface area (Å²) in [4.78, 5) is 11.3. The normalized spacial score (nSPS) is 13.7. The molecule has 2 aromatic rings. The van der Waals surface area contributed by atoms with Crippen LogP contribution in [-0.2, 0) is 12.8 Å². The summed E-state index contributed by atoms with van der Waals surface area (Å²) >= 11 is 5.92. The van der Waals surface area contributed by atoms with Crippen LogP contribution in [0.5, 0.6) is 0 Å². The Morgan fingerprint density at radius 1 is 1.18 bits per heavy atom. The van der Waals surface area contributed by atoms with Crippen molar-refractivity contribution in [3.05, 3.63) is 43.9 Å². The molecule has 1 N–H and O–H groups in total. The Hall–Kier alpha value is -0.840. The Bertz CT molecular complexity index is 617. The van der Waals surface area contributed by atoms with Gasteiger partial charge in [-0.05, 0) is 52.9 Å². The average Bonchev–Trinajstić information content (AvgIpc) is 2.90. The highest BCUT2D eigenvalue weighted by molar-refractivity contribution is 7.70. The first kappa shape index (κ1) is 11.3. The van der Waals surface area contributed by atoms with Gasteiger partial charge in [-0.3, -0.25) is 4.79 Å². The predicted molar refractivity (Wildman–Crippen MR) is 75.2 cm³/mol. The zero-order valence-corrected chi connectivity index (χ0v) is 11.3. The van der Waals surface area contributed by atoms with Crippen molar-refractivity contribution in [2.45, 2.75) is 19.3 Å². The molecule has 1 heterocycles. The highest BCUT2D eigenvalue weighted by atomic mass is 35.5. The van der Waals surface area contributed by atoms with Crippen LogP contribution in [0.1, 0.15) is 17.5 Å². The van der Waals surface area contributed by atoms with E-state index in [-0.39, 0.29) is 4.74 Å². The second-order valence-electron chi connectivity index (χ2n) is 4.06. The summed E-state index contributed by atoms with van der Waals surface area (Å²) in [6, 6.07) is 6.37. The molecule has 0 radical (unpaired) electrons. The third-order valence-electron chi connectivity index (χ3n) is 2.94. The van der Waals surface area contributed by atoms with Gasteiger partial charge in [-0.25, -0.2) is 0 Å². The zero-order chi connectivity index (χ0) is 11.8. The molecule has 0 atom stereocenters. The van der Waals surface area contributed by atoms with Gasteiger partial charge in [0.15, 0.2) is 0 Å². The van der Waals surface area contributed by atoms with Crippen molar-refractivity contribution in [1.82, 2.24) is 0 Å². The number of nitrogens with one attached hydrogen (secondary N) is 1. The van der Waals surface area contributed by atoms with Crippen LogP contribution in [0.4, 0.5) is 10.7 Å². The molecule has 0 spiro atoms. The summed E-state index contributed by atoms with van der Waals surface area (Å²) in [7, 11) is 2.56. The minimum absolute atomic E-state index is 0.0691. The van der Waals surface area contributed by atoms with Crippen LogP contribution in [0.2, 0.25) is 5.02 Å². The highest BCUT2D eigenvalue weighted by Crippen LogP contribution is 2.32. The van der Waals surface area contributed by atoms with Gasteiger partial charge in [0.2, 0.25) is 0 Å². The fraction of sp³-hybridized carbons (Fsp3) is 0.250. The second-order valence-corrected chi connectivity index (χ2v) is 6.55. The lowest BCUT2D eigenvalue weighted by atomic mass is 10.1. The van der Waals surface area contributed by atoms with E-state index in [1.165, 1.54) is 44.6 Å². The van der Waals surface area contributed by atoms with Crippen LogP contribution >= 0.6 is 32.3 Å². The Kier molecular flexibility index (Phi) is 2.94. The molecule has 2 nitrogen and oxygen atoms in total. The van der Waals surface area contributed by atoms with E-state index < -0.39 is 0 Å². The van der Waals surface area contributed by atoms with Crippen LogP contribution in [0.25, 0.3) is 0 Å². The fourth-order valence-electron chi connectivity index (χ4n) is 2.10. The van der Waals surface area contributed by atoms with Gasteiger partial charge in [-0.2, -0.15) is 0 Å². The zero-order valence-electron chi connectivity index (χ0n) is 8.96. The number of aryl methyl sites for hydroxylation is 2. The first-order chi connectivity index (χ1) is 8.24. The van der Waals surface area contributed by atoms with Gasteiger partial charge in [0.25, 0.3) is 4.74 Å². The summed E-state index contributed by atoms with van der Waals surface area (Å²) in [5, 5.41) is 4.28. The van der Waals surface area contributed by atoms with E-state index in [1.54, 1.807) is 0 Å². The van der Waals surface area contributed by atoms with Gasteiger partial charge in [0, 0.05) is 5.69 Å². The molecule has 1 aromatic heterocycles. The minimum atomic E-state index is -0.0691. The highest BCUT2D eigenvalue weighted by Gasteiger charge is 2.12. The number of hydrogen-bond acceptors (Lipinski definition) is 4. The van der Waals surface area contributed by atoms with Crippen LogP contribution in [-0.4, -0.2) is 0 Å². The van der Waals surface area contributed by atoms with Crippen molar-refractivity contribution >= 4 is 43.0 Å². The fourth-order valence-corrected chi connectivity index (χ4v) is 4.48. The molecule has 0 saturated heterocycles. The van der Waals surface area contributed by atoms with E-state index in [0.717, 1.165) is 17.1 Å². The molecule has 0 unspecified atom stereocenters. The Balaban J connectivity index is 1.91. The maximum absolute atomic E-state index is 11.3. The van der Waals surface area contributed by atoms with Crippen LogP contribution in [0, 0.1) is 0 Å². The van der Waals surface area contributed by atoms with Gasteiger partial charge < -0.3 is 5.32 Å². The maximum Gasteiger partial charge on any atom is 0.263 e. The molecule has 5 heteroatoms. The molecule has 0 amide bonds. The van der Waals surface area contributed by atoms with Crippen molar-refractivity contribution < 1.29 is 0 Å². The van der Waals surface area contributed by atoms with Crippen LogP contribution in [0.15, 0.2) is 23.0 Å². The first-order valence-electron chi connectivity index (χ1n) is 5.41. The van der Waals surface area contributed by atoms with Crippen LogP contribution in [0.3, 0.4) is 0 Å². The van der Waals surface area contributed by atoms with Crippen LogP contribution < -0.4 is 10.1 Å². The summed E-state index contributed by atoms with van der Waals surface area (Å²) < 4.78 is -0.0691. The molecule has 88 valence electrons. The predicted octanol–water partition coefficient (Wildman–Crippen LogP) is 4.06. The first-order valence-corrected chi connectivity index (χ1v) is 7.94. The molecule has 1 aliphatic rings. The standard InChI is InChI=1S/C12H10ClNOS2/c13-10-11(16-17-12(10)15)14-9-5-4-7-2-1-3-8(7)6-9/h4-6,14H,1-3H2. The summed E-state index contributed by atoms with van der Waals surface area (Å²) in [6.45, 7) is 0. The number of anilines is 2. The van der Waals surface area contributed by atoms with Crippen molar-refractivity contribution in [1.29, 1.82) is 0 Å². The largest absolute Gasteiger partial charge is 0.345 e. The number of hydrogen-bond donors (Lipinski definition) is 1. The van der Waals surface area contributed by atoms with E-state index in [4.69, 9.17) is 11.6 Å². The van der Waals surface area contributed by atoms with Crippen molar-refractivity contribution in [2.75, 3.05) is 5.32 Å². The SMILES string of the molecule is O=c1ssc(Nc2ccc3c(c2)CCC3)c1Cl. The van der Waals surface area contributed by atoms with E-state index >= 15 is 0 Å². The van der Waals surface area contributed by atoms with Gasteiger partial charge in [-0.1, -0.05) is 28.0 Å². The lowest BCUT2D eigenvalue weighted by Gasteiger charge is -2.06. The maximum atomic E-state index is 11.3. The average molecular weight is 284 g/mol. The molecule has 0 bridgehead atoms. The van der Waals surface area contributed by atoms with E-state index in [2.05, 4.69) is 23.5 Å². The topological polar surface area (TPSA) is 29.1 Å². The molecule has 1 aromatic carbocycles. The van der Waals surface area contributed by atoms with E-state index in [1.807, 2.05) is 0 Å². The van der Waals surface area contributed by atoms with Crippen molar-refractivity contribution in [3.8, 4) is 0 Å². The minimum Gasteiger partial charge on any atom is -0.345 e. The van der Waals surface area contributed by atoms with Gasteiger partial charge in [0.1, 0.15) is 10.0 Å². The second kappa shape index (κ2) is 4.44. The third kappa shape index (κ3) is 2.12. The number of fused-ring (bicyclic) bond motifs is 1. The summed E-state index contributed by atoms with van der Waals surface area (Å²) in [6.07, 6.45) is 3.58. The summed E-state index contributed by atoms with van der Waals surface area (Å²) in [5.74, 6) is 0. The number of benzene rings is 1. The summed E-state index contributed by atoms with van der Waals surface area (Å²) in [5.41, 5.74) is 3.87. The molecule has 0 fully saturated rings. The molecule has 17 heavy (non-hydrogen) atoms. The Labute approximate surface area is 111 Å². The van der Waals surface area contributed by atoms with E-state index in [9.17, 15) is 4.79 Å². The van der Waals surface area contributed by atoms with Crippen molar-refractivity contribution in [3.63, 3.8) is 0 Å². The van der Waals surface area contributed by atoms with Crippen molar-refractivity contribution in [2.24, 2.45) is 0 Å². The quantitative estimate of drug-likeness (QED) is 0.842. The van der Waals surface area contributed by atoms with Gasteiger partial charge >= 0.3 is 0 Å². The smallest absolute Gasteiger partial charge is 0.263 e. The molecular formula is C12H10ClNOS2. The molecule has 0 aliphatic heterocycles. The Morgan fingerprint density at radius 3 is 2.76 bits per heavy atom. The lowest BCUT2D eigenvalue weighted by Crippen LogP contribution is -1.94.